The van der Waals surface area contributed by atoms with E-state index >= 15 is 0 Å². The van der Waals surface area contributed by atoms with Gasteiger partial charge in [0.2, 0.25) is 5.91 Å². The number of hydrogen-bond donors (Lipinski definition) is 2. The highest BCUT2D eigenvalue weighted by Crippen LogP contribution is 2.24. The van der Waals surface area contributed by atoms with Gasteiger partial charge in [0, 0.05) is 6.04 Å². The first-order chi connectivity index (χ1) is 8.66. The minimum atomic E-state index is 0.0428. The molecule has 1 aromatic carbocycles. The molecular formula is C14H19ClN2O. The number of amides is 1. The van der Waals surface area contributed by atoms with Gasteiger partial charge in [-0.1, -0.05) is 36.6 Å². The maximum absolute atomic E-state index is 11.8. The zero-order valence-electron chi connectivity index (χ0n) is 10.6. The summed E-state index contributed by atoms with van der Waals surface area (Å²) in [6.07, 6.45) is 4.66. The van der Waals surface area contributed by atoms with E-state index in [0.717, 1.165) is 24.1 Å². The molecule has 0 radical (unpaired) electrons. The van der Waals surface area contributed by atoms with Gasteiger partial charge in [-0.2, -0.15) is 0 Å². The Bertz CT molecular complexity index is 408. The SMILES string of the molecule is Cc1cccc(Cl)c1NCC(=O)NC1CCCC1. The standard InChI is InChI=1S/C14H19ClN2O/c1-10-5-4-8-12(15)14(10)16-9-13(18)17-11-6-2-3-7-11/h4-5,8,11,16H,2-3,6-7,9H2,1H3,(H,17,18). The fourth-order valence-electron chi connectivity index (χ4n) is 2.37. The predicted octanol–water partition coefficient (Wildman–Crippen LogP) is 3.12. The molecule has 1 fully saturated rings. The van der Waals surface area contributed by atoms with Crippen molar-refractivity contribution in [1.29, 1.82) is 0 Å². The first kappa shape index (κ1) is 13.2. The van der Waals surface area contributed by atoms with Gasteiger partial charge in [0.1, 0.15) is 0 Å². The van der Waals surface area contributed by atoms with Gasteiger partial charge in [-0.3, -0.25) is 4.79 Å². The average Bonchev–Trinajstić information content (AvgIpc) is 2.81. The van der Waals surface area contributed by atoms with E-state index in [1.54, 1.807) is 0 Å². The molecule has 0 atom stereocenters. The van der Waals surface area contributed by atoms with Crippen LogP contribution in [0.4, 0.5) is 5.69 Å². The number of carbonyl (C=O) groups is 1. The third kappa shape index (κ3) is 3.39. The summed E-state index contributed by atoms with van der Waals surface area (Å²) in [6, 6.07) is 6.07. The molecule has 98 valence electrons. The molecule has 1 aliphatic rings. The number of anilines is 1. The highest BCUT2D eigenvalue weighted by Gasteiger charge is 2.17. The normalized spacial score (nSPS) is 15.7. The Balaban J connectivity index is 1.85. The van der Waals surface area contributed by atoms with Gasteiger partial charge in [0.15, 0.2) is 0 Å². The largest absolute Gasteiger partial charge is 0.375 e. The Kier molecular flexibility index (Phi) is 4.48. The molecule has 0 heterocycles. The van der Waals surface area contributed by atoms with Crippen molar-refractivity contribution in [3.05, 3.63) is 28.8 Å². The molecule has 2 rings (SSSR count). The van der Waals surface area contributed by atoms with E-state index in [4.69, 9.17) is 11.6 Å². The van der Waals surface area contributed by atoms with Crippen LogP contribution in [0.1, 0.15) is 31.2 Å². The molecule has 0 unspecified atom stereocenters. The lowest BCUT2D eigenvalue weighted by molar-refractivity contribution is -0.120. The number of carbonyl (C=O) groups excluding carboxylic acids is 1. The summed E-state index contributed by atoms with van der Waals surface area (Å²) < 4.78 is 0. The van der Waals surface area contributed by atoms with Gasteiger partial charge in [0.25, 0.3) is 0 Å². The number of para-hydroxylation sites is 1. The van der Waals surface area contributed by atoms with Crippen molar-refractivity contribution in [2.24, 2.45) is 0 Å². The van der Waals surface area contributed by atoms with E-state index in [9.17, 15) is 4.79 Å². The van der Waals surface area contributed by atoms with Gasteiger partial charge in [-0.05, 0) is 31.4 Å². The highest BCUT2D eigenvalue weighted by molar-refractivity contribution is 6.33. The van der Waals surface area contributed by atoms with Crippen LogP contribution in [0.25, 0.3) is 0 Å². The molecule has 0 spiro atoms. The molecule has 1 aliphatic carbocycles. The summed E-state index contributed by atoms with van der Waals surface area (Å²) in [7, 11) is 0. The van der Waals surface area contributed by atoms with Gasteiger partial charge >= 0.3 is 0 Å². The topological polar surface area (TPSA) is 41.1 Å². The van der Waals surface area contributed by atoms with E-state index < -0.39 is 0 Å². The van der Waals surface area contributed by atoms with E-state index in [1.807, 2.05) is 25.1 Å². The molecule has 2 N–H and O–H groups in total. The molecule has 4 heteroatoms. The number of halogens is 1. The fraction of sp³-hybridized carbons (Fsp3) is 0.500. The number of aryl methyl sites for hydroxylation is 1. The third-order valence-electron chi connectivity index (χ3n) is 3.37. The fourth-order valence-corrected chi connectivity index (χ4v) is 2.66. The van der Waals surface area contributed by atoms with E-state index in [1.165, 1.54) is 12.8 Å². The van der Waals surface area contributed by atoms with Crippen molar-refractivity contribution in [3.8, 4) is 0 Å². The van der Waals surface area contributed by atoms with Crippen molar-refractivity contribution < 1.29 is 4.79 Å². The number of rotatable bonds is 4. The molecule has 18 heavy (non-hydrogen) atoms. The predicted molar refractivity (Wildman–Crippen MR) is 75.1 cm³/mol. The first-order valence-electron chi connectivity index (χ1n) is 6.45. The van der Waals surface area contributed by atoms with Gasteiger partial charge < -0.3 is 10.6 Å². The second-order valence-corrected chi connectivity index (χ2v) is 5.24. The summed E-state index contributed by atoms with van der Waals surface area (Å²) in [4.78, 5) is 11.8. The van der Waals surface area contributed by atoms with Crippen LogP contribution in [-0.4, -0.2) is 18.5 Å². The summed E-state index contributed by atoms with van der Waals surface area (Å²) in [5.41, 5.74) is 1.90. The summed E-state index contributed by atoms with van der Waals surface area (Å²) in [6.45, 7) is 2.25. The monoisotopic (exact) mass is 266 g/mol. The molecule has 1 saturated carbocycles. The molecule has 0 bridgehead atoms. The minimum absolute atomic E-state index is 0.0428. The summed E-state index contributed by atoms with van der Waals surface area (Å²) in [5, 5.41) is 6.81. The molecular weight excluding hydrogens is 248 g/mol. The van der Waals surface area contributed by atoms with Crippen molar-refractivity contribution in [1.82, 2.24) is 5.32 Å². The summed E-state index contributed by atoms with van der Waals surface area (Å²) >= 11 is 6.09. The van der Waals surface area contributed by atoms with Crippen LogP contribution < -0.4 is 10.6 Å². The number of hydrogen-bond acceptors (Lipinski definition) is 2. The average molecular weight is 267 g/mol. The van der Waals surface area contributed by atoms with Crippen LogP contribution >= 0.6 is 11.6 Å². The zero-order chi connectivity index (χ0) is 13.0. The molecule has 0 aliphatic heterocycles. The lowest BCUT2D eigenvalue weighted by Crippen LogP contribution is -2.36. The Labute approximate surface area is 113 Å². The van der Waals surface area contributed by atoms with Gasteiger partial charge in [-0.15, -0.1) is 0 Å². The number of benzene rings is 1. The lowest BCUT2D eigenvalue weighted by atomic mass is 10.2. The second kappa shape index (κ2) is 6.10. The van der Waals surface area contributed by atoms with E-state index in [-0.39, 0.29) is 12.5 Å². The van der Waals surface area contributed by atoms with E-state index in [2.05, 4.69) is 10.6 Å². The van der Waals surface area contributed by atoms with Crippen LogP contribution in [0.15, 0.2) is 18.2 Å². The first-order valence-corrected chi connectivity index (χ1v) is 6.83. The molecule has 1 amide bonds. The Hall–Kier alpha value is -1.22. The van der Waals surface area contributed by atoms with Crippen molar-refractivity contribution in [3.63, 3.8) is 0 Å². The van der Waals surface area contributed by atoms with Crippen LogP contribution in [-0.2, 0) is 4.79 Å². The van der Waals surface area contributed by atoms with Crippen LogP contribution in [0.5, 0.6) is 0 Å². The van der Waals surface area contributed by atoms with E-state index in [0.29, 0.717) is 11.1 Å². The number of nitrogens with one attached hydrogen (secondary N) is 2. The van der Waals surface area contributed by atoms with Gasteiger partial charge in [0.05, 0.1) is 17.3 Å². The van der Waals surface area contributed by atoms with Crippen LogP contribution in [0.2, 0.25) is 5.02 Å². The maximum atomic E-state index is 11.8. The van der Waals surface area contributed by atoms with Crippen LogP contribution in [0, 0.1) is 6.92 Å². The highest BCUT2D eigenvalue weighted by atomic mass is 35.5. The lowest BCUT2D eigenvalue weighted by Gasteiger charge is -2.14. The second-order valence-electron chi connectivity index (χ2n) is 4.83. The zero-order valence-corrected chi connectivity index (χ0v) is 11.4. The Morgan fingerprint density at radius 3 is 2.78 bits per heavy atom. The van der Waals surface area contributed by atoms with Crippen molar-refractivity contribution in [2.75, 3.05) is 11.9 Å². The van der Waals surface area contributed by atoms with Crippen molar-refractivity contribution in [2.45, 2.75) is 38.6 Å². The maximum Gasteiger partial charge on any atom is 0.239 e. The Morgan fingerprint density at radius 2 is 2.11 bits per heavy atom. The Morgan fingerprint density at radius 1 is 1.39 bits per heavy atom. The molecule has 1 aromatic rings. The smallest absolute Gasteiger partial charge is 0.239 e. The molecule has 0 saturated heterocycles. The quantitative estimate of drug-likeness (QED) is 0.879. The third-order valence-corrected chi connectivity index (χ3v) is 3.68. The minimum Gasteiger partial charge on any atom is -0.375 e. The van der Waals surface area contributed by atoms with Crippen molar-refractivity contribution >= 4 is 23.2 Å². The summed E-state index contributed by atoms with van der Waals surface area (Å²) in [5.74, 6) is 0.0428. The molecule has 3 nitrogen and oxygen atoms in total. The molecule has 0 aromatic heterocycles. The van der Waals surface area contributed by atoms with Crippen LogP contribution in [0.3, 0.4) is 0 Å². The van der Waals surface area contributed by atoms with Gasteiger partial charge in [-0.25, -0.2) is 0 Å².